The Morgan fingerprint density at radius 3 is 2.57 bits per heavy atom. The van der Waals surface area contributed by atoms with Crippen LogP contribution in [0.15, 0.2) is 60.9 Å². The number of thiophene rings is 1. The van der Waals surface area contributed by atoms with Crippen molar-refractivity contribution in [3.05, 3.63) is 71.4 Å². The van der Waals surface area contributed by atoms with Gasteiger partial charge in [0.2, 0.25) is 5.91 Å². The Labute approximate surface area is 180 Å². The van der Waals surface area contributed by atoms with E-state index < -0.39 is 0 Å². The van der Waals surface area contributed by atoms with Gasteiger partial charge in [-0.05, 0) is 37.5 Å². The molecule has 4 rings (SSSR count). The molecule has 2 N–H and O–H groups in total. The van der Waals surface area contributed by atoms with Gasteiger partial charge in [-0.2, -0.15) is 0 Å². The van der Waals surface area contributed by atoms with Crippen LogP contribution in [0.25, 0.3) is 21.3 Å². The minimum atomic E-state index is 0.0234. The van der Waals surface area contributed by atoms with Gasteiger partial charge < -0.3 is 10.6 Å². The lowest BCUT2D eigenvalue weighted by Crippen LogP contribution is -2.14. The van der Waals surface area contributed by atoms with Gasteiger partial charge in [0.15, 0.2) is 0 Å². The van der Waals surface area contributed by atoms with E-state index in [0.29, 0.717) is 19.4 Å². The van der Waals surface area contributed by atoms with Gasteiger partial charge in [0, 0.05) is 29.1 Å². The van der Waals surface area contributed by atoms with E-state index in [4.69, 9.17) is 0 Å². The van der Waals surface area contributed by atoms with E-state index in [1.54, 1.807) is 17.7 Å². The molecule has 4 aromatic rings. The van der Waals surface area contributed by atoms with Crippen LogP contribution < -0.4 is 10.6 Å². The maximum atomic E-state index is 12.3. The Hall–Kier alpha value is -3.25. The minimum absolute atomic E-state index is 0.0234. The maximum absolute atomic E-state index is 12.3. The van der Waals surface area contributed by atoms with Crippen molar-refractivity contribution in [2.45, 2.75) is 26.7 Å². The van der Waals surface area contributed by atoms with Crippen molar-refractivity contribution in [1.82, 2.24) is 9.97 Å². The number of hydrogen-bond acceptors (Lipinski definition) is 5. The fraction of sp³-hybridized carbons (Fsp3) is 0.208. The summed E-state index contributed by atoms with van der Waals surface area (Å²) in [4.78, 5) is 23.4. The number of rotatable bonds is 7. The number of nitrogens with zero attached hydrogens (tertiary/aromatic N) is 2. The SMILES string of the molecule is Cc1ccccc1NC(=O)CCCNc1ncnc2sc(C)c(-c3ccccc3)c12. The summed E-state index contributed by atoms with van der Waals surface area (Å²) in [6.45, 7) is 4.77. The molecule has 2 heterocycles. The maximum Gasteiger partial charge on any atom is 0.224 e. The first kappa shape index (κ1) is 20.0. The summed E-state index contributed by atoms with van der Waals surface area (Å²) in [6, 6.07) is 18.1. The van der Waals surface area contributed by atoms with Crippen molar-refractivity contribution in [3.63, 3.8) is 0 Å². The van der Waals surface area contributed by atoms with Crippen molar-refractivity contribution in [1.29, 1.82) is 0 Å². The van der Waals surface area contributed by atoms with Crippen LogP contribution in [0.2, 0.25) is 0 Å². The number of amides is 1. The Kier molecular flexibility index (Phi) is 6.05. The molecule has 1 amide bonds. The fourth-order valence-corrected chi connectivity index (χ4v) is 4.52. The quantitative estimate of drug-likeness (QED) is 0.373. The van der Waals surface area contributed by atoms with Crippen LogP contribution >= 0.6 is 11.3 Å². The molecule has 0 atom stereocenters. The number of aromatic nitrogens is 2. The van der Waals surface area contributed by atoms with Gasteiger partial charge in [-0.1, -0.05) is 48.5 Å². The van der Waals surface area contributed by atoms with Crippen LogP contribution in [-0.4, -0.2) is 22.4 Å². The molecule has 0 aliphatic heterocycles. The summed E-state index contributed by atoms with van der Waals surface area (Å²) >= 11 is 1.68. The fourth-order valence-electron chi connectivity index (χ4n) is 3.51. The molecule has 30 heavy (non-hydrogen) atoms. The second-order valence-corrected chi connectivity index (χ2v) is 8.40. The zero-order chi connectivity index (χ0) is 20.9. The normalized spacial score (nSPS) is 10.9. The zero-order valence-electron chi connectivity index (χ0n) is 17.1. The van der Waals surface area contributed by atoms with Gasteiger partial charge in [0.1, 0.15) is 17.0 Å². The molecule has 0 aliphatic carbocycles. The van der Waals surface area contributed by atoms with Gasteiger partial charge in [0.25, 0.3) is 0 Å². The number of carbonyl (C=O) groups excluding carboxylic acids is 1. The third kappa shape index (κ3) is 4.33. The average Bonchev–Trinajstić information content (AvgIpc) is 3.10. The highest BCUT2D eigenvalue weighted by molar-refractivity contribution is 7.19. The molecule has 0 saturated heterocycles. The van der Waals surface area contributed by atoms with Crippen LogP contribution in [0.1, 0.15) is 23.3 Å². The van der Waals surface area contributed by atoms with Gasteiger partial charge in [0.05, 0.1) is 5.39 Å². The van der Waals surface area contributed by atoms with Crippen molar-refractivity contribution >= 4 is 39.0 Å². The number of fused-ring (bicyclic) bond motifs is 1. The summed E-state index contributed by atoms with van der Waals surface area (Å²) in [6.07, 6.45) is 2.76. The van der Waals surface area contributed by atoms with Gasteiger partial charge >= 0.3 is 0 Å². The first-order valence-corrected chi connectivity index (χ1v) is 10.8. The number of hydrogen-bond donors (Lipinski definition) is 2. The number of carbonyl (C=O) groups is 1. The largest absolute Gasteiger partial charge is 0.369 e. The first-order valence-electron chi connectivity index (χ1n) is 10.0. The molecule has 0 bridgehead atoms. The molecule has 5 nitrogen and oxygen atoms in total. The molecule has 0 radical (unpaired) electrons. The molecule has 0 fully saturated rings. The first-order chi connectivity index (χ1) is 14.6. The molecule has 2 aromatic carbocycles. The van der Waals surface area contributed by atoms with E-state index in [2.05, 4.69) is 39.7 Å². The molecule has 0 aliphatic rings. The standard InChI is InChI=1S/C24H24N4OS/c1-16-9-6-7-12-19(16)28-20(29)13-8-14-25-23-22-21(18-10-4-3-5-11-18)17(2)30-24(22)27-15-26-23/h3-7,9-12,15H,8,13-14H2,1-2H3,(H,28,29)(H,25,26,27). The molecule has 2 aromatic heterocycles. The molecule has 0 unspecified atom stereocenters. The van der Waals surface area contributed by atoms with Crippen molar-refractivity contribution in [2.24, 2.45) is 0 Å². The Morgan fingerprint density at radius 1 is 1.00 bits per heavy atom. The van der Waals surface area contributed by atoms with Gasteiger partial charge in [-0.25, -0.2) is 9.97 Å². The lowest BCUT2D eigenvalue weighted by Gasteiger charge is -2.10. The predicted molar refractivity (Wildman–Crippen MR) is 125 cm³/mol. The van der Waals surface area contributed by atoms with Crippen molar-refractivity contribution < 1.29 is 4.79 Å². The van der Waals surface area contributed by atoms with E-state index in [1.807, 2.05) is 49.4 Å². The summed E-state index contributed by atoms with van der Waals surface area (Å²) in [5, 5.41) is 7.45. The summed E-state index contributed by atoms with van der Waals surface area (Å²) in [7, 11) is 0. The second kappa shape index (κ2) is 9.05. The number of aryl methyl sites for hydroxylation is 2. The minimum Gasteiger partial charge on any atom is -0.369 e. The molecular weight excluding hydrogens is 392 g/mol. The van der Waals surface area contributed by atoms with Gasteiger partial charge in [-0.15, -0.1) is 11.3 Å². The number of nitrogens with one attached hydrogen (secondary N) is 2. The van der Waals surface area contributed by atoms with Crippen LogP contribution in [0.3, 0.4) is 0 Å². The van der Waals surface area contributed by atoms with E-state index in [1.165, 1.54) is 10.4 Å². The second-order valence-electron chi connectivity index (χ2n) is 7.20. The Balaban J connectivity index is 1.43. The molecular formula is C24H24N4OS. The highest BCUT2D eigenvalue weighted by Crippen LogP contribution is 2.40. The topological polar surface area (TPSA) is 66.9 Å². The Bertz CT molecular complexity index is 1170. The molecule has 6 heteroatoms. The van der Waals surface area contributed by atoms with Crippen LogP contribution in [0.5, 0.6) is 0 Å². The lowest BCUT2D eigenvalue weighted by atomic mass is 10.0. The van der Waals surface area contributed by atoms with Crippen LogP contribution in [0.4, 0.5) is 11.5 Å². The molecule has 0 saturated carbocycles. The van der Waals surface area contributed by atoms with E-state index >= 15 is 0 Å². The summed E-state index contributed by atoms with van der Waals surface area (Å²) < 4.78 is 0. The summed E-state index contributed by atoms with van der Waals surface area (Å²) in [5.41, 5.74) is 4.27. The molecule has 0 spiro atoms. The number of para-hydroxylation sites is 1. The van der Waals surface area contributed by atoms with Crippen LogP contribution in [0, 0.1) is 13.8 Å². The smallest absolute Gasteiger partial charge is 0.224 e. The van der Waals surface area contributed by atoms with E-state index in [9.17, 15) is 4.79 Å². The monoisotopic (exact) mass is 416 g/mol. The van der Waals surface area contributed by atoms with Crippen molar-refractivity contribution in [3.8, 4) is 11.1 Å². The highest BCUT2D eigenvalue weighted by atomic mass is 32.1. The average molecular weight is 417 g/mol. The number of benzene rings is 2. The van der Waals surface area contributed by atoms with Gasteiger partial charge in [-0.3, -0.25) is 4.79 Å². The summed E-state index contributed by atoms with van der Waals surface area (Å²) in [5.74, 6) is 0.845. The third-order valence-corrected chi connectivity index (χ3v) is 6.03. The van der Waals surface area contributed by atoms with Crippen molar-refractivity contribution in [2.75, 3.05) is 17.2 Å². The van der Waals surface area contributed by atoms with Crippen LogP contribution in [-0.2, 0) is 4.79 Å². The Morgan fingerprint density at radius 2 is 1.77 bits per heavy atom. The van der Waals surface area contributed by atoms with E-state index in [0.717, 1.165) is 32.8 Å². The highest BCUT2D eigenvalue weighted by Gasteiger charge is 2.16. The van der Waals surface area contributed by atoms with E-state index in [-0.39, 0.29) is 5.91 Å². The lowest BCUT2D eigenvalue weighted by molar-refractivity contribution is -0.116. The predicted octanol–water partition coefficient (Wildman–Crippen LogP) is 5.81. The zero-order valence-corrected chi connectivity index (χ0v) is 17.9. The number of anilines is 2. The third-order valence-electron chi connectivity index (χ3n) is 5.02. The molecule has 152 valence electrons.